The van der Waals surface area contributed by atoms with Crippen molar-refractivity contribution < 1.29 is 9.53 Å². The number of carbonyl (C=O) groups is 1. The first-order valence-electron chi connectivity index (χ1n) is 7.48. The quantitative estimate of drug-likeness (QED) is 0.881. The molecule has 1 saturated carbocycles. The van der Waals surface area contributed by atoms with E-state index in [-0.39, 0.29) is 12.5 Å². The fourth-order valence-electron chi connectivity index (χ4n) is 3.20. The van der Waals surface area contributed by atoms with Crippen LogP contribution in [0.5, 0.6) is 5.75 Å². The summed E-state index contributed by atoms with van der Waals surface area (Å²) in [6.07, 6.45) is 5.88. The molecule has 1 aliphatic carbocycles. The summed E-state index contributed by atoms with van der Waals surface area (Å²) < 4.78 is 5.47. The second-order valence-corrected chi connectivity index (χ2v) is 5.92. The molecule has 2 fully saturated rings. The van der Waals surface area contributed by atoms with Gasteiger partial charge >= 0.3 is 0 Å². The zero-order valence-corrected chi connectivity index (χ0v) is 11.7. The highest BCUT2D eigenvalue weighted by Gasteiger charge is 2.41. The fourth-order valence-corrected chi connectivity index (χ4v) is 3.20. The molecule has 2 aliphatic rings. The topological polar surface area (TPSA) is 50.4 Å². The number of para-hydroxylation sites is 1. The summed E-state index contributed by atoms with van der Waals surface area (Å²) in [5.41, 5.74) is 0.316. The number of hydrogen-bond acceptors (Lipinski definition) is 3. The third-order valence-corrected chi connectivity index (χ3v) is 4.42. The van der Waals surface area contributed by atoms with Crippen LogP contribution in [-0.2, 0) is 4.79 Å². The molecule has 1 aromatic rings. The van der Waals surface area contributed by atoms with Crippen LogP contribution in [0.1, 0.15) is 32.1 Å². The van der Waals surface area contributed by atoms with Gasteiger partial charge in [0.15, 0.2) is 6.61 Å². The highest BCUT2D eigenvalue weighted by Crippen LogP contribution is 2.38. The van der Waals surface area contributed by atoms with E-state index in [0.717, 1.165) is 25.1 Å². The number of ether oxygens (including phenoxy) is 1. The van der Waals surface area contributed by atoms with E-state index < -0.39 is 0 Å². The van der Waals surface area contributed by atoms with Gasteiger partial charge in [0.2, 0.25) is 0 Å². The van der Waals surface area contributed by atoms with Crippen molar-refractivity contribution in [3.05, 3.63) is 30.3 Å². The van der Waals surface area contributed by atoms with E-state index in [2.05, 4.69) is 10.6 Å². The molecule has 3 rings (SSSR count). The largest absolute Gasteiger partial charge is 0.484 e. The van der Waals surface area contributed by atoms with E-state index in [4.69, 9.17) is 4.74 Å². The highest BCUT2D eigenvalue weighted by atomic mass is 16.5. The molecule has 2 N–H and O–H groups in total. The van der Waals surface area contributed by atoms with Gasteiger partial charge in [0.25, 0.3) is 5.91 Å². The van der Waals surface area contributed by atoms with Gasteiger partial charge in [-0.3, -0.25) is 4.79 Å². The summed E-state index contributed by atoms with van der Waals surface area (Å²) in [6, 6.07) is 9.76. The van der Waals surface area contributed by atoms with Gasteiger partial charge in [0.1, 0.15) is 5.75 Å². The van der Waals surface area contributed by atoms with Gasteiger partial charge in [-0.15, -0.1) is 0 Å². The van der Waals surface area contributed by atoms with Crippen LogP contribution < -0.4 is 15.4 Å². The number of carbonyl (C=O) groups excluding carboxylic acids is 1. The van der Waals surface area contributed by atoms with Gasteiger partial charge in [-0.05, 0) is 50.8 Å². The Hall–Kier alpha value is -1.55. The third-order valence-electron chi connectivity index (χ3n) is 4.42. The summed E-state index contributed by atoms with van der Waals surface area (Å²) in [5, 5.41) is 6.72. The minimum absolute atomic E-state index is 0.0183. The van der Waals surface area contributed by atoms with Crippen molar-refractivity contribution in [2.24, 2.45) is 0 Å². The lowest BCUT2D eigenvalue weighted by molar-refractivity contribution is -0.124. The van der Waals surface area contributed by atoms with Crippen LogP contribution in [0.2, 0.25) is 0 Å². The Morgan fingerprint density at radius 3 is 2.85 bits per heavy atom. The highest BCUT2D eigenvalue weighted by molar-refractivity contribution is 5.77. The number of nitrogens with one attached hydrogen (secondary N) is 2. The van der Waals surface area contributed by atoms with Crippen molar-refractivity contribution in [2.45, 2.75) is 43.7 Å². The van der Waals surface area contributed by atoms with Crippen LogP contribution in [0, 0.1) is 0 Å². The number of rotatable bonds is 4. The van der Waals surface area contributed by atoms with Gasteiger partial charge in [0.05, 0.1) is 0 Å². The van der Waals surface area contributed by atoms with Crippen molar-refractivity contribution in [2.75, 3.05) is 13.2 Å². The maximum absolute atomic E-state index is 11.9. The van der Waals surface area contributed by atoms with E-state index in [1.807, 2.05) is 30.3 Å². The van der Waals surface area contributed by atoms with Crippen LogP contribution in [0.3, 0.4) is 0 Å². The van der Waals surface area contributed by atoms with Crippen LogP contribution in [0.15, 0.2) is 30.3 Å². The Balaban J connectivity index is 1.44. The molecule has 1 heterocycles. The molecule has 1 amide bonds. The average molecular weight is 274 g/mol. The Labute approximate surface area is 119 Å². The second kappa shape index (κ2) is 5.83. The van der Waals surface area contributed by atoms with E-state index in [0.29, 0.717) is 11.6 Å². The predicted molar refractivity (Wildman–Crippen MR) is 77.7 cm³/mol. The molecule has 108 valence electrons. The monoisotopic (exact) mass is 274 g/mol. The molecule has 1 saturated heterocycles. The molecule has 1 unspecified atom stereocenters. The van der Waals surface area contributed by atoms with Crippen molar-refractivity contribution in [1.29, 1.82) is 0 Å². The van der Waals surface area contributed by atoms with Gasteiger partial charge in [0, 0.05) is 11.6 Å². The van der Waals surface area contributed by atoms with E-state index in [1.54, 1.807) is 0 Å². The first-order chi connectivity index (χ1) is 9.76. The van der Waals surface area contributed by atoms with E-state index >= 15 is 0 Å². The lowest BCUT2D eigenvalue weighted by Gasteiger charge is -2.48. The third kappa shape index (κ3) is 3.12. The summed E-state index contributed by atoms with van der Waals surface area (Å²) in [4.78, 5) is 11.9. The summed E-state index contributed by atoms with van der Waals surface area (Å²) in [5.74, 6) is 0.721. The number of benzene rings is 1. The minimum atomic E-state index is -0.0183. The molecule has 0 aromatic heterocycles. The fraction of sp³-hybridized carbons (Fsp3) is 0.562. The standard InChI is InChI=1S/C16H22N2O2/c19-15(12-20-14-5-2-1-3-6-14)18-13-7-10-17-16(11-13)8-4-9-16/h1-3,5-6,13,17H,4,7-12H2,(H,18,19). The van der Waals surface area contributed by atoms with Crippen molar-refractivity contribution in [3.8, 4) is 5.75 Å². The first kappa shape index (κ1) is 13.4. The van der Waals surface area contributed by atoms with Crippen LogP contribution >= 0.6 is 0 Å². The van der Waals surface area contributed by atoms with Gasteiger partial charge in [-0.2, -0.15) is 0 Å². The molecule has 1 atom stereocenters. The summed E-state index contributed by atoms with van der Waals surface area (Å²) >= 11 is 0. The molecule has 1 spiro atoms. The van der Waals surface area contributed by atoms with Crippen molar-refractivity contribution >= 4 is 5.91 Å². The Morgan fingerprint density at radius 2 is 2.15 bits per heavy atom. The normalized spacial score (nSPS) is 23.9. The van der Waals surface area contributed by atoms with E-state index in [9.17, 15) is 4.79 Å². The lowest BCUT2D eigenvalue weighted by Crippen LogP contribution is -2.60. The zero-order valence-electron chi connectivity index (χ0n) is 11.7. The maximum Gasteiger partial charge on any atom is 0.258 e. The SMILES string of the molecule is O=C(COc1ccccc1)NC1CCNC2(CCC2)C1. The number of piperidine rings is 1. The summed E-state index contributed by atoms with van der Waals surface area (Å²) in [6.45, 7) is 1.10. The lowest BCUT2D eigenvalue weighted by atomic mass is 9.70. The van der Waals surface area contributed by atoms with Crippen molar-refractivity contribution in [3.63, 3.8) is 0 Å². The van der Waals surface area contributed by atoms with Crippen LogP contribution in [0.4, 0.5) is 0 Å². The van der Waals surface area contributed by atoms with Gasteiger partial charge in [-0.25, -0.2) is 0 Å². The predicted octanol–water partition coefficient (Wildman–Crippen LogP) is 1.86. The molecule has 4 nitrogen and oxygen atoms in total. The Kier molecular flexibility index (Phi) is 3.92. The molecule has 0 radical (unpaired) electrons. The zero-order chi connectivity index (χ0) is 13.8. The molecular formula is C16H22N2O2. The second-order valence-electron chi connectivity index (χ2n) is 5.92. The first-order valence-corrected chi connectivity index (χ1v) is 7.48. The maximum atomic E-state index is 11.9. The summed E-state index contributed by atoms with van der Waals surface area (Å²) in [7, 11) is 0. The van der Waals surface area contributed by atoms with Crippen molar-refractivity contribution in [1.82, 2.24) is 10.6 Å². The Bertz CT molecular complexity index is 457. The molecule has 4 heteroatoms. The van der Waals surface area contributed by atoms with Crippen LogP contribution in [-0.4, -0.2) is 30.6 Å². The Morgan fingerprint density at radius 1 is 1.35 bits per heavy atom. The molecule has 0 bridgehead atoms. The molecule has 1 aromatic carbocycles. The molecule has 20 heavy (non-hydrogen) atoms. The minimum Gasteiger partial charge on any atom is -0.484 e. The number of hydrogen-bond donors (Lipinski definition) is 2. The van der Waals surface area contributed by atoms with Gasteiger partial charge < -0.3 is 15.4 Å². The molecule has 1 aliphatic heterocycles. The van der Waals surface area contributed by atoms with Crippen LogP contribution in [0.25, 0.3) is 0 Å². The van der Waals surface area contributed by atoms with E-state index in [1.165, 1.54) is 19.3 Å². The molecular weight excluding hydrogens is 252 g/mol. The smallest absolute Gasteiger partial charge is 0.258 e. The van der Waals surface area contributed by atoms with Gasteiger partial charge in [-0.1, -0.05) is 18.2 Å². The number of amides is 1. The average Bonchev–Trinajstić information content (AvgIpc) is 2.45.